The van der Waals surface area contributed by atoms with Crippen LogP contribution < -0.4 is 4.72 Å². The van der Waals surface area contributed by atoms with Gasteiger partial charge in [-0.1, -0.05) is 30.3 Å². The zero-order valence-electron chi connectivity index (χ0n) is 13.9. The van der Waals surface area contributed by atoms with Crippen LogP contribution in [-0.2, 0) is 21.2 Å². The molecule has 1 saturated heterocycles. The maximum atomic E-state index is 12.3. The van der Waals surface area contributed by atoms with Crippen LogP contribution in [0.5, 0.6) is 0 Å². The summed E-state index contributed by atoms with van der Waals surface area (Å²) in [4.78, 5) is 14.0. The standard InChI is InChI=1S/C17H26N2O3S/c1-14(18-23(2,21)22)17(20)19-12-10-16(11-13-19)9-8-15-6-4-3-5-7-15/h3-7,14,16,18H,8-13H2,1-2H3/t14-/m1/s1. The van der Waals surface area contributed by atoms with Gasteiger partial charge in [0.2, 0.25) is 15.9 Å². The van der Waals surface area contributed by atoms with Gasteiger partial charge in [-0.05, 0) is 44.1 Å². The molecular weight excluding hydrogens is 312 g/mol. The third-order valence-electron chi connectivity index (χ3n) is 4.37. The fraction of sp³-hybridized carbons (Fsp3) is 0.588. The molecule has 0 aliphatic carbocycles. The van der Waals surface area contributed by atoms with Crippen molar-refractivity contribution < 1.29 is 13.2 Å². The number of benzene rings is 1. The Morgan fingerprint density at radius 1 is 1.26 bits per heavy atom. The van der Waals surface area contributed by atoms with Crippen molar-refractivity contribution in [3.8, 4) is 0 Å². The van der Waals surface area contributed by atoms with E-state index in [1.165, 1.54) is 5.56 Å². The highest BCUT2D eigenvalue weighted by Gasteiger charge is 2.27. The molecule has 1 aliphatic rings. The minimum absolute atomic E-state index is 0.128. The second kappa shape index (κ2) is 7.93. The molecule has 1 aromatic carbocycles. The van der Waals surface area contributed by atoms with Gasteiger partial charge in [-0.3, -0.25) is 4.79 Å². The lowest BCUT2D eigenvalue weighted by molar-refractivity contribution is -0.134. The van der Waals surface area contributed by atoms with Crippen molar-refractivity contribution >= 4 is 15.9 Å². The molecule has 128 valence electrons. The van der Waals surface area contributed by atoms with Crippen LogP contribution in [0.15, 0.2) is 30.3 Å². The fourth-order valence-corrected chi connectivity index (χ4v) is 3.85. The molecule has 23 heavy (non-hydrogen) atoms. The zero-order chi connectivity index (χ0) is 16.9. The molecule has 1 atom stereocenters. The Bertz CT molecular complexity index is 608. The number of carbonyl (C=O) groups is 1. The summed E-state index contributed by atoms with van der Waals surface area (Å²) in [6.07, 6.45) is 5.27. The lowest BCUT2D eigenvalue weighted by atomic mass is 9.90. The number of sulfonamides is 1. The molecule has 1 aliphatic heterocycles. The Balaban J connectivity index is 1.76. The summed E-state index contributed by atoms with van der Waals surface area (Å²) in [6, 6.07) is 9.76. The third kappa shape index (κ3) is 5.95. The number of hydrogen-bond acceptors (Lipinski definition) is 3. The van der Waals surface area contributed by atoms with E-state index >= 15 is 0 Å². The van der Waals surface area contributed by atoms with Crippen LogP contribution in [-0.4, -0.2) is 44.6 Å². The summed E-state index contributed by atoms with van der Waals surface area (Å²) < 4.78 is 24.8. The molecule has 0 aromatic heterocycles. The Hall–Kier alpha value is -1.40. The summed E-state index contributed by atoms with van der Waals surface area (Å²) in [7, 11) is -3.35. The van der Waals surface area contributed by atoms with Gasteiger partial charge in [0, 0.05) is 13.1 Å². The molecule has 1 aromatic rings. The monoisotopic (exact) mass is 338 g/mol. The highest BCUT2D eigenvalue weighted by Crippen LogP contribution is 2.22. The normalized spacial score (nSPS) is 17.9. The first-order chi connectivity index (χ1) is 10.8. The smallest absolute Gasteiger partial charge is 0.240 e. The average Bonchev–Trinajstić information content (AvgIpc) is 2.52. The van der Waals surface area contributed by atoms with Crippen molar-refractivity contribution in [3.05, 3.63) is 35.9 Å². The highest BCUT2D eigenvalue weighted by molar-refractivity contribution is 7.88. The second-order valence-corrected chi connectivity index (χ2v) is 8.18. The van der Waals surface area contributed by atoms with Crippen molar-refractivity contribution in [2.24, 2.45) is 5.92 Å². The molecule has 0 unspecified atom stereocenters. The van der Waals surface area contributed by atoms with E-state index in [4.69, 9.17) is 0 Å². The van der Waals surface area contributed by atoms with Gasteiger partial charge in [0.25, 0.3) is 0 Å². The Kier molecular flexibility index (Phi) is 6.18. The minimum Gasteiger partial charge on any atom is -0.341 e. The van der Waals surface area contributed by atoms with Crippen LogP contribution in [0, 0.1) is 5.92 Å². The molecule has 0 bridgehead atoms. The maximum Gasteiger partial charge on any atom is 0.240 e. The number of hydrogen-bond donors (Lipinski definition) is 1. The molecule has 0 spiro atoms. The third-order valence-corrected chi connectivity index (χ3v) is 5.15. The van der Waals surface area contributed by atoms with E-state index in [0.29, 0.717) is 19.0 Å². The van der Waals surface area contributed by atoms with E-state index in [-0.39, 0.29) is 5.91 Å². The average molecular weight is 338 g/mol. The van der Waals surface area contributed by atoms with Crippen molar-refractivity contribution in [2.75, 3.05) is 19.3 Å². The van der Waals surface area contributed by atoms with Gasteiger partial charge in [0.1, 0.15) is 0 Å². The number of aryl methyl sites for hydroxylation is 1. The molecule has 5 nitrogen and oxygen atoms in total. The van der Waals surface area contributed by atoms with Crippen molar-refractivity contribution in [1.82, 2.24) is 9.62 Å². The number of likely N-dealkylation sites (tertiary alicyclic amines) is 1. The van der Waals surface area contributed by atoms with E-state index in [1.807, 2.05) is 6.07 Å². The van der Waals surface area contributed by atoms with E-state index in [1.54, 1.807) is 11.8 Å². The van der Waals surface area contributed by atoms with Gasteiger partial charge < -0.3 is 4.90 Å². The summed E-state index contributed by atoms with van der Waals surface area (Å²) in [5.74, 6) is 0.509. The first-order valence-corrected chi connectivity index (χ1v) is 10.0. The lowest BCUT2D eigenvalue weighted by Crippen LogP contribution is -2.49. The number of nitrogens with zero attached hydrogens (tertiary/aromatic N) is 1. The fourth-order valence-electron chi connectivity index (χ4n) is 3.10. The second-order valence-electron chi connectivity index (χ2n) is 6.40. The number of piperidine rings is 1. The van der Waals surface area contributed by atoms with Crippen LogP contribution in [0.1, 0.15) is 31.7 Å². The molecule has 2 rings (SSSR count). The summed E-state index contributed by atoms with van der Waals surface area (Å²) in [6.45, 7) is 3.03. The molecule has 0 saturated carbocycles. The van der Waals surface area contributed by atoms with Crippen molar-refractivity contribution in [3.63, 3.8) is 0 Å². The van der Waals surface area contributed by atoms with E-state index in [9.17, 15) is 13.2 Å². The molecule has 6 heteroatoms. The Morgan fingerprint density at radius 2 is 1.87 bits per heavy atom. The van der Waals surface area contributed by atoms with Crippen LogP contribution in [0.4, 0.5) is 0 Å². The zero-order valence-corrected chi connectivity index (χ0v) is 14.7. The first kappa shape index (κ1) is 17.9. The molecular formula is C17H26N2O3S. The van der Waals surface area contributed by atoms with E-state index in [0.717, 1.165) is 31.9 Å². The molecule has 1 heterocycles. The quantitative estimate of drug-likeness (QED) is 0.860. The summed E-state index contributed by atoms with van der Waals surface area (Å²) >= 11 is 0. The summed E-state index contributed by atoms with van der Waals surface area (Å²) in [5.41, 5.74) is 1.36. The minimum atomic E-state index is -3.35. The van der Waals surface area contributed by atoms with Crippen LogP contribution in [0.2, 0.25) is 0 Å². The lowest BCUT2D eigenvalue weighted by Gasteiger charge is -2.33. The van der Waals surface area contributed by atoms with Crippen molar-refractivity contribution in [2.45, 2.75) is 38.6 Å². The van der Waals surface area contributed by atoms with Gasteiger partial charge in [0.15, 0.2) is 0 Å². The predicted molar refractivity (Wildman–Crippen MR) is 91.5 cm³/mol. The summed E-state index contributed by atoms with van der Waals surface area (Å²) in [5, 5.41) is 0. The molecule has 1 amide bonds. The number of nitrogens with one attached hydrogen (secondary N) is 1. The first-order valence-electron chi connectivity index (χ1n) is 8.15. The van der Waals surface area contributed by atoms with Gasteiger partial charge >= 0.3 is 0 Å². The number of rotatable bonds is 6. The number of carbonyl (C=O) groups excluding carboxylic acids is 1. The van der Waals surface area contributed by atoms with Gasteiger partial charge in [-0.15, -0.1) is 0 Å². The Morgan fingerprint density at radius 3 is 2.43 bits per heavy atom. The van der Waals surface area contributed by atoms with E-state index in [2.05, 4.69) is 29.0 Å². The van der Waals surface area contributed by atoms with Crippen molar-refractivity contribution in [1.29, 1.82) is 0 Å². The van der Waals surface area contributed by atoms with Crippen LogP contribution in [0.25, 0.3) is 0 Å². The topological polar surface area (TPSA) is 66.5 Å². The number of amides is 1. The Labute approximate surface area is 139 Å². The highest BCUT2D eigenvalue weighted by atomic mass is 32.2. The van der Waals surface area contributed by atoms with Gasteiger partial charge in [-0.25, -0.2) is 13.1 Å². The molecule has 1 N–H and O–H groups in total. The largest absolute Gasteiger partial charge is 0.341 e. The maximum absolute atomic E-state index is 12.3. The molecule has 0 radical (unpaired) electrons. The van der Waals surface area contributed by atoms with E-state index < -0.39 is 16.1 Å². The van der Waals surface area contributed by atoms with Gasteiger partial charge in [0.05, 0.1) is 12.3 Å². The van der Waals surface area contributed by atoms with Crippen LogP contribution >= 0.6 is 0 Å². The SMILES string of the molecule is C[C@@H](NS(C)(=O)=O)C(=O)N1CCC(CCc2ccccc2)CC1. The van der Waals surface area contributed by atoms with Gasteiger partial charge in [-0.2, -0.15) is 0 Å². The molecule has 1 fully saturated rings. The predicted octanol–water partition coefficient (Wildman–Crippen LogP) is 1.80. The van der Waals surface area contributed by atoms with Crippen LogP contribution in [0.3, 0.4) is 0 Å².